The van der Waals surface area contributed by atoms with Crippen molar-refractivity contribution in [3.05, 3.63) is 29.3 Å². The fraction of sp³-hybridized carbons (Fsp3) is 0.700. The van der Waals surface area contributed by atoms with Gasteiger partial charge in [-0.25, -0.2) is 0 Å². The molecule has 0 saturated heterocycles. The van der Waals surface area contributed by atoms with Crippen LogP contribution in [0, 0.1) is 13.8 Å². The summed E-state index contributed by atoms with van der Waals surface area (Å²) in [6.45, 7) is 10.6. The van der Waals surface area contributed by atoms with Gasteiger partial charge in [0.25, 0.3) is 0 Å². The van der Waals surface area contributed by atoms with E-state index in [9.17, 15) is 8.42 Å². The molecule has 1 rings (SSSR count). The number of hydrogen-bond donors (Lipinski definition) is 0. The average molecular weight is 460 g/mol. The number of rotatable bonds is 11. The summed E-state index contributed by atoms with van der Waals surface area (Å²) in [6.07, 6.45) is 6.52. The molecule has 0 fully saturated rings. The molecule has 0 aromatic heterocycles. The fourth-order valence-corrected chi connectivity index (χ4v) is 32.0. The van der Waals surface area contributed by atoms with Gasteiger partial charge in [-0.15, -0.1) is 0 Å². The van der Waals surface area contributed by atoms with Gasteiger partial charge < -0.3 is 0 Å². The fourth-order valence-electron chi connectivity index (χ4n) is 3.52. The summed E-state index contributed by atoms with van der Waals surface area (Å²) in [5, 5.41) is 0. The molecule has 0 N–H and O–H groups in total. The van der Waals surface area contributed by atoms with Gasteiger partial charge in [-0.05, 0) is 0 Å². The van der Waals surface area contributed by atoms with Crippen molar-refractivity contribution in [3.8, 4) is 0 Å². The molecule has 138 valence electrons. The van der Waals surface area contributed by atoms with Crippen LogP contribution in [0.3, 0.4) is 0 Å². The Morgan fingerprint density at radius 2 is 1.29 bits per heavy atom. The number of benzene rings is 1. The van der Waals surface area contributed by atoms with Crippen LogP contribution in [0.15, 0.2) is 23.1 Å². The first-order chi connectivity index (χ1) is 11.4. The summed E-state index contributed by atoms with van der Waals surface area (Å²) >= 11 is -3.34. The summed E-state index contributed by atoms with van der Waals surface area (Å²) in [6, 6.07) is 5.81. The van der Waals surface area contributed by atoms with E-state index in [-0.39, 0.29) is 0 Å². The van der Waals surface area contributed by atoms with Crippen LogP contribution < -0.4 is 0 Å². The van der Waals surface area contributed by atoms with E-state index in [1.807, 2.05) is 32.0 Å². The zero-order chi connectivity index (χ0) is 18.2. The SMILES string of the molecule is CCC[CH2][Sn]([CH2]CCC)([13CH2]CCC)[S](=O)(=O)c1cccc(C)c1C. The van der Waals surface area contributed by atoms with Gasteiger partial charge in [-0.1, -0.05) is 0 Å². The minimum atomic E-state index is -3.34. The zero-order valence-electron chi connectivity index (χ0n) is 16.3. The quantitative estimate of drug-likeness (QED) is 0.282. The molecule has 0 bridgehead atoms. The number of unbranched alkanes of at least 4 members (excludes halogenated alkanes) is 3. The summed E-state index contributed by atoms with van der Waals surface area (Å²) in [5.41, 5.74) is 2.07. The van der Waals surface area contributed by atoms with Crippen LogP contribution in [0.25, 0.3) is 0 Å². The van der Waals surface area contributed by atoms with Crippen molar-refractivity contribution in [2.75, 3.05) is 0 Å². The van der Waals surface area contributed by atoms with Gasteiger partial charge in [0.15, 0.2) is 0 Å². The molecule has 0 aliphatic rings. The molecule has 4 heteroatoms. The van der Waals surface area contributed by atoms with Crippen molar-refractivity contribution in [1.29, 1.82) is 0 Å². The van der Waals surface area contributed by atoms with Gasteiger partial charge in [0.05, 0.1) is 0 Å². The summed E-state index contributed by atoms with van der Waals surface area (Å²) in [5.74, 6) is 0. The third-order valence-corrected chi connectivity index (χ3v) is 34.1. The Labute approximate surface area is 152 Å². The van der Waals surface area contributed by atoms with Crippen LogP contribution in [0.1, 0.15) is 70.4 Å². The molecule has 1 aromatic carbocycles. The first kappa shape index (κ1) is 22.0. The average Bonchev–Trinajstić information content (AvgIpc) is 2.56. The van der Waals surface area contributed by atoms with E-state index in [0.717, 1.165) is 63.0 Å². The standard InChI is InChI=1S/C8H9O2S.3C4H9.Sn/c1-6-4-3-5-8(7(6)2)11(9)10;3*1-3-4-2;/h3-5H,1-2H3;3*1,3-4H2,2H3;/i;1+1;;;. The van der Waals surface area contributed by atoms with Gasteiger partial charge in [0.2, 0.25) is 0 Å². The van der Waals surface area contributed by atoms with Crippen molar-refractivity contribution in [3.63, 3.8) is 0 Å². The maximum atomic E-state index is 13.8. The molecule has 0 spiro atoms. The molecule has 0 heterocycles. The van der Waals surface area contributed by atoms with Crippen LogP contribution in [-0.2, 0) is 7.02 Å². The Morgan fingerprint density at radius 1 is 0.833 bits per heavy atom. The third kappa shape index (κ3) is 5.00. The molecule has 0 saturated carbocycles. The molecular weight excluding hydrogens is 424 g/mol. The molecule has 1 aromatic rings. The van der Waals surface area contributed by atoms with E-state index in [0.29, 0.717) is 4.90 Å². The van der Waals surface area contributed by atoms with Crippen molar-refractivity contribution in [2.24, 2.45) is 0 Å². The molecule has 2 nitrogen and oxygen atoms in total. The number of aryl methyl sites for hydroxylation is 1. The molecule has 0 aliphatic heterocycles. The first-order valence-electron chi connectivity index (χ1n) is 9.67. The van der Waals surface area contributed by atoms with Gasteiger partial charge >= 0.3 is 153 Å². The van der Waals surface area contributed by atoms with Crippen LogP contribution in [-0.4, -0.2) is 25.4 Å². The van der Waals surface area contributed by atoms with E-state index >= 15 is 0 Å². The zero-order valence-corrected chi connectivity index (χ0v) is 20.0. The van der Waals surface area contributed by atoms with E-state index < -0.39 is 24.0 Å². The van der Waals surface area contributed by atoms with E-state index in [1.165, 1.54) is 0 Å². The van der Waals surface area contributed by atoms with Crippen molar-refractivity contribution in [1.82, 2.24) is 0 Å². The van der Waals surface area contributed by atoms with Crippen molar-refractivity contribution in [2.45, 2.75) is 91.3 Å². The maximum absolute atomic E-state index is 13.8. The predicted molar refractivity (Wildman–Crippen MR) is 108 cm³/mol. The molecule has 24 heavy (non-hydrogen) atoms. The van der Waals surface area contributed by atoms with Crippen LogP contribution in [0.4, 0.5) is 0 Å². The van der Waals surface area contributed by atoms with Crippen LogP contribution in [0.2, 0.25) is 13.3 Å². The molecule has 0 unspecified atom stereocenters. The van der Waals surface area contributed by atoms with Gasteiger partial charge in [-0.3, -0.25) is 0 Å². The Bertz CT molecular complexity index is 586. The monoisotopic (exact) mass is 461 g/mol. The minimum absolute atomic E-state index is 0.654. The molecular formula is C20H36O2SSn. The van der Waals surface area contributed by atoms with Gasteiger partial charge in [0, 0.05) is 0 Å². The van der Waals surface area contributed by atoms with Crippen molar-refractivity contribution >= 4 is 24.0 Å². The van der Waals surface area contributed by atoms with Crippen molar-refractivity contribution < 1.29 is 8.42 Å². The normalized spacial score (nSPS) is 12.5. The molecule has 0 aliphatic carbocycles. The molecule has 0 amide bonds. The van der Waals surface area contributed by atoms with E-state index in [4.69, 9.17) is 0 Å². The topological polar surface area (TPSA) is 34.1 Å². The predicted octanol–water partition coefficient (Wildman–Crippen LogP) is 6.42. The second-order valence-corrected chi connectivity index (χ2v) is 30.1. The first-order valence-corrected chi connectivity index (χ1v) is 20.7. The summed E-state index contributed by atoms with van der Waals surface area (Å²) in [7, 11) is -3.12. The summed E-state index contributed by atoms with van der Waals surface area (Å²) in [4.78, 5) is 0.654. The van der Waals surface area contributed by atoms with E-state index in [1.54, 1.807) is 0 Å². The Morgan fingerprint density at radius 3 is 1.71 bits per heavy atom. The Hall–Kier alpha value is -0.0313. The van der Waals surface area contributed by atoms with E-state index in [2.05, 4.69) is 20.8 Å². The van der Waals surface area contributed by atoms with Crippen LogP contribution in [0.5, 0.6) is 0 Å². The molecule has 0 atom stereocenters. The third-order valence-electron chi connectivity index (χ3n) is 5.37. The van der Waals surface area contributed by atoms with Gasteiger partial charge in [-0.2, -0.15) is 0 Å². The Balaban J connectivity index is 3.43. The summed E-state index contributed by atoms with van der Waals surface area (Å²) < 4.78 is 30.7. The second-order valence-electron chi connectivity index (χ2n) is 7.20. The second kappa shape index (κ2) is 10.2. The number of hydrogen-bond acceptors (Lipinski definition) is 2. The molecule has 0 radical (unpaired) electrons. The van der Waals surface area contributed by atoms with Gasteiger partial charge in [0.1, 0.15) is 0 Å². The Kier molecular flexibility index (Phi) is 9.35. The van der Waals surface area contributed by atoms with Crippen LogP contribution >= 0.6 is 0 Å².